The highest BCUT2D eigenvalue weighted by molar-refractivity contribution is 6.35. The van der Waals surface area contributed by atoms with Gasteiger partial charge in [-0.15, -0.1) is 0 Å². The van der Waals surface area contributed by atoms with Gasteiger partial charge in [-0.05, 0) is 37.6 Å². The van der Waals surface area contributed by atoms with Crippen LogP contribution in [0.1, 0.15) is 34.7 Å². The zero-order valence-electron chi connectivity index (χ0n) is 16.9. The van der Waals surface area contributed by atoms with Crippen LogP contribution in [0, 0.1) is 17.0 Å². The van der Waals surface area contributed by atoms with E-state index in [9.17, 15) is 19.7 Å². The Kier molecular flexibility index (Phi) is 6.42. The van der Waals surface area contributed by atoms with E-state index >= 15 is 0 Å². The van der Waals surface area contributed by atoms with Crippen LogP contribution >= 0.6 is 23.2 Å². The number of hydrogen-bond acceptors (Lipinski definition) is 5. The summed E-state index contributed by atoms with van der Waals surface area (Å²) >= 11 is 12.2. The van der Waals surface area contributed by atoms with Crippen molar-refractivity contribution in [1.29, 1.82) is 0 Å². The van der Waals surface area contributed by atoms with Crippen LogP contribution in [0.4, 0.5) is 5.69 Å². The molecule has 0 bridgehead atoms. The molecule has 0 spiro atoms. The Labute approximate surface area is 187 Å². The first-order valence-corrected chi connectivity index (χ1v) is 9.94. The monoisotopic (exact) mass is 460 g/mol. The molecule has 31 heavy (non-hydrogen) atoms. The number of aromatic nitrogens is 2. The maximum absolute atomic E-state index is 13.1. The molecule has 0 radical (unpaired) electrons. The third-order valence-corrected chi connectivity index (χ3v) is 5.49. The van der Waals surface area contributed by atoms with Crippen molar-refractivity contribution in [3.05, 3.63) is 95.9 Å². The number of rotatable bonds is 5. The van der Waals surface area contributed by atoms with Crippen LogP contribution < -0.4 is 5.43 Å². The Balaban J connectivity index is 2.05. The van der Waals surface area contributed by atoms with Gasteiger partial charge in [-0.1, -0.05) is 41.4 Å². The molecular formula is C21H18Cl2N4O4. The lowest BCUT2D eigenvalue weighted by Gasteiger charge is -2.26. The molecule has 0 aliphatic rings. The largest absolute Gasteiger partial charge is 0.333 e. The summed E-state index contributed by atoms with van der Waals surface area (Å²) in [5.41, 5.74) is 0.00689. The fourth-order valence-corrected chi connectivity index (χ4v) is 3.70. The van der Waals surface area contributed by atoms with E-state index in [0.717, 1.165) is 0 Å². The van der Waals surface area contributed by atoms with Gasteiger partial charge in [-0.3, -0.25) is 19.7 Å². The minimum absolute atomic E-state index is 0.149. The zero-order chi connectivity index (χ0) is 22.9. The first-order valence-electron chi connectivity index (χ1n) is 9.18. The van der Waals surface area contributed by atoms with Crippen molar-refractivity contribution in [3.8, 4) is 5.69 Å². The average molecular weight is 461 g/mol. The molecule has 10 heteroatoms. The molecule has 1 atom stereocenters. The predicted octanol–water partition coefficient (Wildman–Crippen LogP) is 4.59. The van der Waals surface area contributed by atoms with Crippen LogP contribution in [0.5, 0.6) is 0 Å². The first kappa shape index (κ1) is 22.5. The molecule has 3 rings (SSSR count). The van der Waals surface area contributed by atoms with Gasteiger partial charge in [0.05, 0.1) is 11.0 Å². The van der Waals surface area contributed by atoms with Crippen LogP contribution in [-0.2, 0) is 0 Å². The summed E-state index contributed by atoms with van der Waals surface area (Å²) in [5.74, 6) is -0.643. The molecule has 3 aromatic rings. The molecule has 0 fully saturated rings. The Morgan fingerprint density at radius 2 is 1.87 bits per heavy atom. The van der Waals surface area contributed by atoms with E-state index in [1.165, 1.54) is 40.9 Å². The molecule has 2 aromatic carbocycles. The van der Waals surface area contributed by atoms with Gasteiger partial charge in [-0.2, -0.15) is 5.10 Å². The normalized spacial score (nSPS) is 11.8. The zero-order valence-corrected chi connectivity index (χ0v) is 18.4. The van der Waals surface area contributed by atoms with Gasteiger partial charge in [0.2, 0.25) is 5.43 Å². The number of aryl methyl sites for hydroxylation is 1. The molecule has 0 aliphatic carbocycles. The summed E-state index contributed by atoms with van der Waals surface area (Å²) in [6.45, 7) is 3.33. The number of hydrogen-bond donors (Lipinski definition) is 0. The van der Waals surface area contributed by atoms with Gasteiger partial charge in [0.15, 0.2) is 5.69 Å². The lowest BCUT2D eigenvalue weighted by molar-refractivity contribution is -0.384. The Morgan fingerprint density at radius 3 is 2.52 bits per heavy atom. The minimum atomic E-state index is -0.643. The van der Waals surface area contributed by atoms with E-state index < -0.39 is 22.3 Å². The van der Waals surface area contributed by atoms with Crippen molar-refractivity contribution in [1.82, 2.24) is 14.7 Å². The highest BCUT2D eigenvalue weighted by atomic mass is 35.5. The molecule has 0 aliphatic heterocycles. The van der Waals surface area contributed by atoms with Crippen molar-refractivity contribution in [2.75, 3.05) is 7.05 Å². The second kappa shape index (κ2) is 8.87. The van der Waals surface area contributed by atoms with Crippen LogP contribution in [-0.4, -0.2) is 32.6 Å². The summed E-state index contributed by atoms with van der Waals surface area (Å²) in [4.78, 5) is 37.9. The summed E-state index contributed by atoms with van der Waals surface area (Å²) in [6.07, 6.45) is 0. The van der Waals surface area contributed by atoms with E-state index in [1.54, 1.807) is 38.1 Å². The van der Waals surface area contributed by atoms with Crippen LogP contribution in [0.15, 0.2) is 53.3 Å². The molecule has 0 N–H and O–H groups in total. The number of nitro groups is 1. The van der Waals surface area contributed by atoms with Crippen molar-refractivity contribution in [2.24, 2.45) is 0 Å². The van der Waals surface area contributed by atoms with Crippen LogP contribution in [0.3, 0.4) is 0 Å². The standard InChI is InChI=1S/C21H18Cl2N4O4/c1-12-10-19(28)20(24-26(12)17-6-4-5-7-18(17)27(30)31)21(29)25(3)13(2)15-9-8-14(22)11-16(15)23/h4-11,13H,1-3H3. The van der Waals surface area contributed by atoms with Crippen molar-refractivity contribution in [2.45, 2.75) is 19.9 Å². The first-order chi connectivity index (χ1) is 14.6. The molecule has 1 amide bonds. The predicted molar refractivity (Wildman–Crippen MR) is 118 cm³/mol. The summed E-state index contributed by atoms with van der Waals surface area (Å²) in [6, 6.07) is 11.6. The molecular weight excluding hydrogens is 443 g/mol. The summed E-state index contributed by atoms with van der Waals surface area (Å²) in [7, 11) is 1.52. The fraction of sp³-hybridized carbons (Fsp3) is 0.190. The lowest BCUT2D eigenvalue weighted by atomic mass is 10.1. The molecule has 0 saturated carbocycles. The van der Waals surface area contributed by atoms with E-state index in [2.05, 4.69) is 5.10 Å². The second-order valence-electron chi connectivity index (χ2n) is 6.91. The third kappa shape index (κ3) is 4.45. The molecule has 1 aromatic heterocycles. The SMILES string of the molecule is Cc1cc(=O)c(C(=O)N(C)C(C)c2ccc(Cl)cc2Cl)nn1-c1ccccc1[N+](=O)[O-]. The van der Waals surface area contributed by atoms with Gasteiger partial charge in [0.1, 0.15) is 5.69 Å². The van der Waals surface area contributed by atoms with E-state index in [4.69, 9.17) is 23.2 Å². The van der Waals surface area contributed by atoms with Gasteiger partial charge in [0.25, 0.3) is 11.6 Å². The van der Waals surface area contributed by atoms with Crippen LogP contribution in [0.25, 0.3) is 5.69 Å². The van der Waals surface area contributed by atoms with Crippen molar-refractivity contribution in [3.63, 3.8) is 0 Å². The maximum Gasteiger partial charge on any atom is 0.294 e. The molecule has 0 saturated heterocycles. The van der Waals surface area contributed by atoms with Gasteiger partial charge in [0, 0.05) is 34.9 Å². The van der Waals surface area contributed by atoms with Gasteiger partial charge < -0.3 is 4.90 Å². The molecule has 160 valence electrons. The average Bonchev–Trinajstić information content (AvgIpc) is 2.72. The van der Waals surface area contributed by atoms with Gasteiger partial charge in [-0.25, -0.2) is 4.68 Å². The smallest absolute Gasteiger partial charge is 0.294 e. The van der Waals surface area contributed by atoms with E-state index in [0.29, 0.717) is 21.3 Å². The lowest BCUT2D eigenvalue weighted by Crippen LogP contribution is -2.35. The summed E-state index contributed by atoms with van der Waals surface area (Å²) in [5, 5.41) is 16.4. The molecule has 8 nitrogen and oxygen atoms in total. The van der Waals surface area contributed by atoms with Crippen molar-refractivity contribution < 1.29 is 9.72 Å². The number of halogens is 2. The number of para-hydroxylation sites is 2. The molecule has 1 unspecified atom stereocenters. The minimum Gasteiger partial charge on any atom is -0.333 e. The maximum atomic E-state index is 13.1. The number of carbonyl (C=O) groups is 1. The fourth-order valence-electron chi connectivity index (χ4n) is 3.13. The number of amides is 1. The quantitative estimate of drug-likeness (QED) is 0.409. The highest BCUT2D eigenvalue weighted by Gasteiger charge is 2.26. The number of carbonyl (C=O) groups excluding carboxylic acids is 1. The Morgan fingerprint density at radius 1 is 1.19 bits per heavy atom. The van der Waals surface area contributed by atoms with Crippen molar-refractivity contribution >= 4 is 34.8 Å². The highest BCUT2D eigenvalue weighted by Crippen LogP contribution is 2.29. The molecule has 1 heterocycles. The topological polar surface area (TPSA) is 98.3 Å². The van der Waals surface area contributed by atoms with E-state index in [1.807, 2.05) is 0 Å². The second-order valence-corrected chi connectivity index (χ2v) is 7.76. The Hall–Kier alpha value is -3.23. The number of nitrogens with zero attached hydrogens (tertiary/aromatic N) is 4. The van der Waals surface area contributed by atoms with E-state index in [-0.39, 0.29) is 17.1 Å². The van der Waals surface area contributed by atoms with Crippen LogP contribution in [0.2, 0.25) is 10.0 Å². The Bertz CT molecular complexity index is 1240. The third-order valence-electron chi connectivity index (χ3n) is 4.93. The van der Waals surface area contributed by atoms with Gasteiger partial charge >= 0.3 is 0 Å². The number of nitro benzene ring substituents is 1. The summed E-state index contributed by atoms with van der Waals surface area (Å²) < 4.78 is 1.22. The number of benzene rings is 2.